The highest BCUT2D eigenvalue weighted by Crippen LogP contribution is 2.43. The molecule has 0 aliphatic heterocycles. The molecule has 4 N–H and O–H groups in total. The molecule has 11 nitrogen and oxygen atoms in total. The lowest BCUT2D eigenvalue weighted by atomic mass is 10.1. The van der Waals surface area contributed by atoms with Crippen molar-refractivity contribution in [3.63, 3.8) is 0 Å². The Bertz CT molecular complexity index is 1000. The molecule has 0 rings (SSSR count). The molecule has 0 spiro atoms. The highest BCUT2D eigenvalue weighted by atomic mass is 31.2. The standard InChI is InChI=1S/C38H68NO10P/c1-3-5-7-9-11-13-14-15-16-17-18-19-20-22-24-26-28-30-37(42)47-31-34(40)32-48-50(45,46)49-33-35(38(43)44)39-36(41)29-27-25-23-21-12-10-8-6-4-2/h5,7,11,13,15-16,34-35,40H,3-4,6,8-10,12,14,17-33H2,1-2H3,(H,39,41)(H,43,44)(H,45,46)/b7-5-,13-11-,16-15-. The smallest absolute Gasteiger partial charge is 0.472 e. The number of hydrogen-bond acceptors (Lipinski definition) is 8. The number of ether oxygens (including phenoxy) is 1. The summed E-state index contributed by atoms with van der Waals surface area (Å²) in [5.74, 6) is -2.39. The second kappa shape index (κ2) is 33.8. The lowest BCUT2D eigenvalue weighted by Crippen LogP contribution is -2.43. The molecule has 0 saturated heterocycles. The summed E-state index contributed by atoms with van der Waals surface area (Å²) in [6.45, 7) is 2.41. The minimum atomic E-state index is -4.75. The molecule has 3 unspecified atom stereocenters. The summed E-state index contributed by atoms with van der Waals surface area (Å²) in [5, 5.41) is 21.7. The van der Waals surface area contributed by atoms with Gasteiger partial charge in [-0.1, -0.05) is 134 Å². The van der Waals surface area contributed by atoms with Crippen molar-refractivity contribution < 1.29 is 47.8 Å². The van der Waals surface area contributed by atoms with Crippen LogP contribution in [-0.4, -0.2) is 64.9 Å². The van der Waals surface area contributed by atoms with Gasteiger partial charge in [0.2, 0.25) is 5.91 Å². The number of aliphatic hydroxyl groups excluding tert-OH is 1. The summed E-state index contributed by atoms with van der Waals surface area (Å²) in [6.07, 6.45) is 33.3. The fraction of sp³-hybridized carbons (Fsp3) is 0.763. The van der Waals surface area contributed by atoms with Crippen molar-refractivity contribution in [3.8, 4) is 0 Å². The number of amides is 1. The Morgan fingerprint density at radius 3 is 1.74 bits per heavy atom. The van der Waals surface area contributed by atoms with E-state index in [0.29, 0.717) is 12.8 Å². The summed E-state index contributed by atoms with van der Waals surface area (Å²) in [7, 11) is -4.75. The van der Waals surface area contributed by atoms with E-state index in [0.717, 1.165) is 70.6 Å². The van der Waals surface area contributed by atoms with Crippen LogP contribution in [0.1, 0.15) is 155 Å². The number of carboxylic acids is 1. The number of allylic oxidation sites excluding steroid dienone is 6. The number of carboxylic acid groups (broad SMARTS) is 1. The summed E-state index contributed by atoms with van der Waals surface area (Å²) in [5.41, 5.74) is 0. The zero-order chi connectivity index (χ0) is 37.1. The maximum atomic E-state index is 12.2. The second-order valence-electron chi connectivity index (χ2n) is 12.7. The van der Waals surface area contributed by atoms with E-state index in [2.05, 4.69) is 55.6 Å². The van der Waals surface area contributed by atoms with Crippen LogP contribution in [0.15, 0.2) is 36.5 Å². The van der Waals surface area contributed by atoms with Crippen molar-refractivity contribution in [3.05, 3.63) is 36.5 Å². The van der Waals surface area contributed by atoms with E-state index < -0.39 is 57.6 Å². The Kier molecular flexibility index (Phi) is 32.3. The Hall–Kier alpha value is -2.30. The second-order valence-corrected chi connectivity index (χ2v) is 14.2. The zero-order valence-corrected chi connectivity index (χ0v) is 31.8. The van der Waals surface area contributed by atoms with Crippen LogP contribution >= 0.6 is 7.82 Å². The van der Waals surface area contributed by atoms with Crippen LogP contribution in [0.3, 0.4) is 0 Å². The van der Waals surface area contributed by atoms with Gasteiger partial charge in [0.1, 0.15) is 12.7 Å². The number of phosphoric acid groups is 1. The number of carbonyl (C=O) groups is 3. The summed E-state index contributed by atoms with van der Waals surface area (Å²) >= 11 is 0. The minimum absolute atomic E-state index is 0.146. The van der Waals surface area contributed by atoms with Gasteiger partial charge in [0, 0.05) is 12.8 Å². The molecule has 0 aromatic carbocycles. The molecule has 0 fully saturated rings. The minimum Gasteiger partial charge on any atom is -0.480 e. The van der Waals surface area contributed by atoms with E-state index in [1.165, 1.54) is 44.9 Å². The molecule has 0 aliphatic carbocycles. The van der Waals surface area contributed by atoms with E-state index in [1.54, 1.807) is 0 Å². The van der Waals surface area contributed by atoms with Gasteiger partial charge in [-0.05, 0) is 44.9 Å². The van der Waals surface area contributed by atoms with Gasteiger partial charge in [0.15, 0.2) is 6.04 Å². The number of unbranched alkanes of at least 4 members (excludes halogenated alkanes) is 15. The number of aliphatic hydroxyl groups is 1. The molecule has 50 heavy (non-hydrogen) atoms. The first-order valence-corrected chi connectivity index (χ1v) is 20.5. The Labute approximate surface area is 301 Å². The van der Waals surface area contributed by atoms with E-state index in [-0.39, 0.29) is 12.8 Å². The third-order valence-corrected chi connectivity index (χ3v) is 8.89. The highest BCUT2D eigenvalue weighted by molar-refractivity contribution is 7.47. The first-order chi connectivity index (χ1) is 24.1. The van der Waals surface area contributed by atoms with Crippen LogP contribution in [0.2, 0.25) is 0 Å². The molecular formula is C38H68NO10P. The van der Waals surface area contributed by atoms with Gasteiger partial charge in [-0.15, -0.1) is 0 Å². The molecule has 1 amide bonds. The van der Waals surface area contributed by atoms with Crippen molar-refractivity contribution >= 4 is 25.7 Å². The SMILES string of the molecule is CC/C=C\C/C=C\C/C=C\CCCCCCCCCC(=O)OCC(O)COP(=O)(O)OCC(NC(=O)CCCCCCCCCCC)C(=O)O. The van der Waals surface area contributed by atoms with Gasteiger partial charge in [-0.3, -0.25) is 18.6 Å². The molecule has 0 aromatic rings. The van der Waals surface area contributed by atoms with Gasteiger partial charge < -0.3 is 25.2 Å². The number of nitrogens with one attached hydrogen (secondary N) is 1. The highest BCUT2D eigenvalue weighted by Gasteiger charge is 2.28. The van der Waals surface area contributed by atoms with Crippen molar-refractivity contribution in [2.24, 2.45) is 0 Å². The maximum absolute atomic E-state index is 12.2. The molecule has 0 aliphatic rings. The number of esters is 1. The number of hydrogen-bond donors (Lipinski definition) is 4. The molecule has 290 valence electrons. The van der Waals surface area contributed by atoms with E-state index >= 15 is 0 Å². The zero-order valence-electron chi connectivity index (χ0n) is 30.9. The molecule has 0 radical (unpaired) electrons. The van der Waals surface area contributed by atoms with Gasteiger partial charge in [0.05, 0.1) is 13.2 Å². The normalized spacial score (nSPS) is 14.3. The summed E-state index contributed by atoms with van der Waals surface area (Å²) in [4.78, 5) is 45.6. The number of aliphatic carboxylic acids is 1. The van der Waals surface area contributed by atoms with Crippen LogP contribution in [0.5, 0.6) is 0 Å². The van der Waals surface area contributed by atoms with Gasteiger partial charge in [-0.25, -0.2) is 9.36 Å². The monoisotopic (exact) mass is 729 g/mol. The predicted octanol–water partition coefficient (Wildman–Crippen LogP) is 8.88. The first-order valence-electron chi connectivity index (χ1n) is 19.0. The quantitative estimate of drug-likeness (QED) is 0.0214. The number of rotatable bonds is 35. The van der Waals surface area contributed by atoms with Crippen molar-refractivity contribution in [1.29, 1.82) is 0 Å². The molecule has 3 atom stereocenters. The van der Waals surface area contributed by atoms with Gasteiger partial charge in [0.25, 0.3) is 0 Å². The number of carbonyl (C=O) groups excluding carboxylic acids is 2. The fourth-order valence-corrected chi connectivity index (χ4v) is 5.75. The molecule has 0 bridgehead atoms. The Balaban J connectivity index is 3.93. The Morgan fingerprint density at radius 1 is 0.660 bits per heavy atom. The third kappa shape index (κ3) is 32.9. The third-order valence-electron chi connectivity index (χ3n) is 7.94. The lowest BCUT2D eigenvalue weighted by molar-refractivity contribution is -0.147. The van der Waals surface area contributed by atoms with Crippen LogP contribution in [0, 0.1) is 0 Å². The van der Waals surface area contributed by atoms with E-state index in [9.17, 15) is 34.1 Å². The predicted molar refractivity (Wildman–Crippen MR) is 199 cm³/mol. The van der Waals surface area contributed by atoms with Crippen LogP contribution < -0.4 is 5.32 Å². The topological polar surface area (TPSA) is 169 Å². The maximum Gasteiger partial charge on any atom is 0.472 e. The average Bonchev–Trinajstić information content (AvgIpc) is 3.08. The van der Waals surface area contributed by atoms with Gasteiger partial charge in [-0.2, -0.15) is 0 Å². The molecule has 0 aromatic heterocycles. The molecular weight excluding hydrogens is 661 g/mol. The van der Waals surface area contributed by atoms with E-state index in [1.807, 2.05) is 0 Å². The molecule has 0 saturated carbocycles. The molecule has 0 heterocycles. The van der Waals surface area contributed by atoms with Crippen LogP contribution in [0.25, 0.3) is 0 Å². The Morgan fingerprint density at radius 2 is 1.16 bits per heavy atom. The van der Waals surface area contributed by atoms with Crippen LogP contribution in [0.4, 0.5) is 0 Å². The van der Waals surface area contributed by atoms with Crippen molar-refractivity contribution in [2.45, 2.75) is 167 Å². The van der Waals surface area contributed by atoms with Crippen molar-refractivity contribution in [1.82, 2.24) is 5.32 Å². The summed E-state index contributed by atoms with van der Waals surface area (Å²) < 4.78 is 26.7. The first kappa shape index (κ1) is 47.7. The molecule has 12 heteroatoms. The number of phosphoric ester groups is 1. The van der Waals surface area contributed by atoms with Gasteiger partial charge >= 0.3 is 19.8 Å². The summed E-state index contributed by atoms with van der Waals surface area (Å²) in [6, 6.07) is -1.54. The fourth-order valence-electron chi connectivity index (χ4n) is 4.98. The average molecular weight is 730 g/mol. The van der Waals surface area contributed by atoms with Crippen LogP contribution in [-0.2, 0) is 32.7 Å². The largest absolute Gasteiger partial charge is 0.480 e. The van der Waals surface area contributed by atoms with Crippen molar-refractivity contribution in [2.75, 3.05) is 19.8 Å². The lowest BCUT2D eigenvalue weighted by Gasteiger charge is -2.18. The van der Waals surface area contributed by atoms with E-state index in [4.69, 9.17) is 13.8 Å².